The van der Waals surface area contributed by atoms with Gasteiger partial charge in [0.1, 0.15) is 5.69 Å². The number of nitrogens with zero attached hydrogens (tertiary/aromatic N) is 2. The van der Waals surface area contributed by atoms with Gasteiger partial charge >= 0.3 is 0 Å². The molecule has 5 nitrogen and oxygen atoms in total. The molecule has 1 unspecified atom stereocenters. The van der Waals surface area contributed by atoms with Crippen LogP contribution in [0.2, 0.25) is 0 Å². The second kappa shape index (κ2) is 5.76. The molecule has 0 spiro atoms. The summed E-state index contributed by atoms with van der Waals surface area (Å²) < 4.78 is 5.28. The van der Waals surface area contributed by atoms with Gasteiger partial charge in [0.2, 0.25) is 0 Å². The average Bonchev–Trinajstić information content (AvgIpc) is 3.19. The number of carbonyl (C=O) groups excluding carboxylic acids is 1. The number of thiazole rings is 1. The zero-order valence-electron chi connectivity index (χ0n) is 11.0. The molecule has 106 valence electrons. The first-order valence-corrected chi connectivity index (χ1v) is 7.55. The number of aliphatic hydroxyl groups excluding tert-OH is 1. The molecule has 0 aliphatic carbocycles. The van der Waals surface area contributed by atoms with Crippen molar-refractivity contribution in [3.8, 4) is 10.8 Å². The third-order valence-electron chi connectivity index (χ3n) is 3.57. The van der Waals surface area contributed by atoms with Crippen LogP contribution in [-0.2, 0) is 0 Å². The van der Waals surface area contributed by atoms with Crippen molar-refractivity contribution in [2.24, 2.45) is 5.92 Å². The summed E-state index contributed by atoms with van der Waals surface area (Å²) >= 11 is 1.41. The largest absolute Gasteiger partial charge is 0.462 e. The number of rotatable bonds is 4. The van der Waals surface area contributed by atoms with Gasteiger partial charge in [0.05, 0.1) is 6.26 Å². The van der Waals surface area contributed by atoms with Crippen LogP contribution in [0.5, 0.6) is 0 Å². The Hall–Kier alpha value is -1.66. The Morgan fingerprint density at radius 3 is 3.25 bits per heavy atom. The van der Waals surface area contributed by atoms with Crippen molar-refractivity contribution in [3.05, 3.63) is 29.5 Å². The van der Waals surface area contributed by atoms with E-state index in [1.807, 2.05) is 11.0 Å². The molecule has 1 atom stereocenters. The summed E-state index contributed by atoms with van der Waals surface area (Å²) in [4.78, 5) is 18.5. The molecule has 20 heavy (non-hydrogen) atoms. The molecular weight excluding hydrogens is 276 g/mol. The highest BCUT2D eigenvalue weighted by Crippen LogP contribution is 2.26. The molecule has 3 heterocycles. The molecule has 0 aromatic carbocycles. The molecule has 2 aromatic heterocycles. The highest BCUT2D eigenvalue weighted by Gasteiger charge is 2.28. The maximum atomic E-state index is 12.4. The number of aliphatic hydroxyl groups is 1. The van der Waals surface area contributed by atoms with Gasteiger partial charge in [-0.25, -0.2) is 4.98 Å². The highest BCUT2D eigenvalue weighted by atomic mass is 32.1. The molecule has 0 radical (unpaired) electrons. The summed E-state index contributed by atoms with van der Waals surface area (Å²) in [5, 5.41) is 11.5. The average molecular weight is 292 g/mol. The number of aromatic nitrogens is 1. The Bertz CT molecular complexity index is 579. The van der Waals surface area contributed by atoms with Crippen LogP contribution in [-0.4, -0.2) is 40.6 Å². The molecular formula is C14H16N2O3S. The van der Waals surface area contributed by atoms with E-state index in [-0.39, 0.29) is 12.5 Å². The smallest absolute Gasteiger partial charge is 0.273 e. The lowest BCUT2D eigenvalue weighted by Crippen LogP contribution is -2.29. The monoisotopic (exact) mass is 292 g/mol. The molecule has 1 amide bonds. The second-order valence-corrected chi connectivity index (χ2v) is 5.79. The molecule has 1 aliphatic heterocycles. The second-order valence-electron chi connectivity index (χ2n) is 4.93. The van der Waals surface area contributed by atoms with Crippen molar-refractivity contribution in [3.63, 3.8) is 0 Å². The first-order chi connectivity index (χ1) is 9.78. The predicted octanol–water partition coefficient (Wildman–Crippen LogP) is 2.25. The fourth-order valence-corrected chi connectivity index (χ4v) is 3.24. The van der Waals surface area contributed by atoms with Crippen LogP contribution in [0.25, 0.3) is 10.8 Å². The fourth-order valence-electron chi connectivity index (χ4n) is 2.48. The number of hydrogen-bond acceptors (Lipinski definition) is 5. The standard InChI is InChI=1S/C14H16N2O3S/c17-6-4-10-3-5-16(8-10)14(18)11-9-20-13(15-11)12-2-1-7-19-12/h1-2,7,9-10,17H,3-6,8H2. The molecule has 3 rings (SSSR count). The Morgan fingerprint density at radius 1 is 1.60 bits per heavy atom. The maximum Gasteiger partial charge on any atom is 0.273 e. The van der Waals surface area contributed by atoms with Gasteiger partial charge in [0.25, 0.3) is 5.91 Å². The van der Waals surface area contributed by atoms with Crippen molar-refractivity contribution in [1.82, 2.24) is 9.88 Å². The molecule has 1 fully saturated rings. The predicted molar refractivity (Wildman–Crippen MR) is 75.5 cm³/mol. The van der Waals surface area contributed by atoms with E-state index in [1.165, 1.54) is 11.3 Å². The van der Waals surface area contributed by atoms with E-state index >= 15 is 0 Å². The lowest BCUT2D eigenvalue weighted by molar-refractivity contribution is 0.0780. The number of carbonyl (C=O) groups is 1. The van der Waals surface area contributed by atoms with Gasteiger partial charge in [-0.1, -0.05) is 0 Å². The zero-order chi connectivity index (χ0) is 13.9. The molecule has 1 N–H and O–H groups in total. The van der Waals surface area contributed by atoms with E-state index in [1.54, 1.807) is 17.7 Å². The van der Waals surface area contributed by atoms with Crippen LogP contribution < -0.4 is 0 Å². The van der Waals surface area contributed by atoms with Gasteiger partial charge in [-0.2, -0.15) is 0 Å². The summed E-state index contributed by atoms with van der Waals surface area (Å²) in [6, 6.07) is 3.64. The normalized spacial score (nSPS) is 18.6. The minimum absolute atomic E-state index is 0.0282. The highest BCUT2D eigenvalue weighted by molar-refractivity contribution is 7.13. The SMILES string of the molecule is O=C(c1csc(-c2ccco2)n1)N1CCC(CCO)C1. The Morgan fingerprint density at radius 2 is 2.50 bits per heavy atom. The van der Waals surface area contributed by atoms with E-state index < -0.39 is 0 Å². The van der Waals surface area contributed by atoms with Gasteiger partial charge in [-0.05, 0) is 30.9 Å². The van der Waals surface area contributed by atoms with Crippen molar-refractivity contribution in [2.75, 3.05) is 19.7 Å². The molecule has 2 aromatic rings. The lowest BCUT2D eigenvalue weighted by atomic mass is 10.1. The summed E-state index contributed by atoms with van der Waals surface area (Å²) in [5.74, 6) is 1.07. The van der Waals surface area contributed by atoms with Crippen LogP contribution in [0.1, 0.15) is 23.3 Å². The topological polar surface area (TPSA) is 66.6 Å². The van der Waals surface area contributed by atoms with E-state index in [9.17, 15) is 4.79 Å². The molecule has 1 saturated heterocycles. The summed E-state index contributed by atoms with van der Waals surface area (Å²) in [7, 11) is 0. The van der Waals surface area contributed by atoms with E-state index in [4.69, 9.17) is 9.52 Å². The van der Waals surface area contributed by atoms with Crippen molar-refractivity contribution >= 4 is 17.2 Å². The summed E-state index contributed by atoms with van der Waals surface area (Å²) in [6.45, 7) is 1.65. The maximum absolute atomic E-state index is 12.4. The molecule has 1 aliphatic rings. The van der Waals surface area contributed by atoms with Gasteiger partial charge in [-0.15, -0.1) is 11.3 Å². The minimum Gasteiger partial charge on any atom is -0.462 e. The van der Waals surface area contributed by atoms with Crippen LogP contribution in [0.15, 0.2) is 28.2 Å². The third-order valence-corrected chi connectivity index (χ3v) is 4.42. The van der Waals surface area contributed by atoms with Crippen molar-refractivity contribution in [2.45, 2.75) is 12.8 Å². The van der Waals surface area contributed by atoms with Crippen LogP contribution in [0, 0.1) is 5.92 Å². The van der Waals surface area contributed by atoms with E-state index in [0.717, 1.165) is 24.4 Å². The molecule has 0 bridgehead atoms. The summed E-state index contributed by atoms with van der Waals surface area (Å²) in [5.41, 5.74) is 0.478. The van der Waals surface area contributed by atoms with Crippen LogP contribution in [0.3, 0.4) is 0 Å². The Balaban J connectivity index is 1.69. The first-order valence-electron chi connectivity index (χ1n) is 6.67. The number of hydrogen-bond donors (Lipinski definition) is 1. The van der Waals surface area contributed by atoms with Crippen molar-refractivity contribution in [1.29, 1.82) is 0 Å². The number of likely N-dealkylation sites (tertiary alicyclic amines) is 1. The fraction of sp³-hybridized carbons (Fsp3) is 0.429. The quantitative estimate of drug-likeness (QED) is 0.938. The number of amides is 1. The first kappa shape index (κ1) is 13.3. The Labute approximate surface area is 120 Å². The van der Waals surface area contributed by atoms with E-state index in [0.29, 0.717) is 23.9 Å². The van der Waals surface area contributed by atoms with Crippen molar-refractivity contribution < 1.29 is 14.3 Å². The number of furan rings is 1. The lowest BCUT2D eigenvalue weighted by Gasteiger charge is -2.14. The van der Waals surface area contributed by atoms with Crippen LogP contribution in [0.4, 0.5) is 0 Å². The minimum atomic E-state index is -0.0282. The zero-order valence-corrected chi connectivity index (χ0v) is 11.8. The summed E-state index contributed by atoms with van der Waals surface area (Å²) in [6.07, 6.45) is 3.32. The van der Waals surface area contributed by atoms with Gasteiger partial charge in [0, 0.05) is 25.1 Å². The Kier molecular flexibility index (Phi) is 3.84. The van der Waals surface area contributed by atoms with E-state index in [2.05, 4.69) is 4.98 Å². The van der Waals surface area contributed by atoms with Crippen LogP contribution >= 0.6 is 11.3 Å². The third kappa shape index (κ3) is 2.62. The van der Waals surface area contributed by atoms with Gasteiger partial charge < -0.3 is 14.4 Å². The van der Waals surface area contributed by atoms with Gasteiger partial charge in [0.15, 0.2) is 10.8 Å². The molecule has 0 saturated carbocycles. The molecule has 6 heteroatoms. The van der Waals surface area contributed by atoms with Gasteiger partial charge in [-0.3, -0.25) is 4.79 Å².